The van der Waals surface area contributed by atoms with Gasteiger partial charge in [-0.05, 0) is 24.5 Å². The lowest BCUT2D eigenvalue weighted by Crippen LogP contribution is -2.21. The molecule has 2 heteroatoms. The van der Waals surface area contributed by atoms with Gasteiger partial charge in [0.25, 0.3) is 0 Å². The van der Waals surface area contributed by atoms with E-state index in [-0.39, 0.29) is 6.04 Å². The van der Waals surface area contributed by atoms with Crippen LogP contribution in [0.1, 0.15) is 20.3 Å². The van der Waals surface area contributed by atoms with Gasteiger partial charge in [0, 0.05) is 0 Å². The highest BCUT2D eigenvalue weighted by Crippen LogP contribution is 2.20. The van der Waals surface area contributed by atoms with Crippen LogP contribution in [0.5, 0.6) is 0 Å². The van der Waals surface area contributed by atoms with Gasteiger partial charge in [0.05, 0.1) is 6.04 Å². The Balaban J connectivity index is 2.65. The summed E-state index contributed by atoms with van der Waals surface area (Å²) in [7, 11) is 0. The fraction of sp³-hybridized carbons (Fsp3) is 0.444. The van der Waals surface area contributed by atoms with Crippen molar-refractivity contribution in [1.29, 1.82) is 0 Å². The van der Waals surface area contributed by atoms with Crippen molar-refractivity contribution >= 4 is 6.41 Å². The van der Waals surface area contributed by atoms with Crippen molar-refractivity contribution in [3.8, 4) is 0 Å². The Morgan fingerprint density at radius 1 is 1.64 bits per heavy atom. The van der Waals surface area contributed by atoms with Crippen LogP contribution in [0.25, 0.3) is 0 Å². The number of amides is 1. The highest BCUT2D eigenvalue weighted by molar-refractivity contribution is 5.51. The lowest BCUT2D eigenvalue weighted by atomic mass is 10.1. The van der Waals surface area contributed by atoms with E-state index in [1.807, 2.05) is 0 Å². The van der Waals surface area contributed by atoms with E-state index in [9.17, 15) is 4.79 Å². The van der Waals surface area contributed by atoms with Gasteiger partial charge in [0.1, 0.15) is 0 Å². The van der Waals surface area contributed by atoms with Crippen molar-refractivity contribution in [3.05, 3.63) is 23.3 Å². The van der Waals surface area contributed by atoms with Crippen LogP contribution < -0.4 is 5.32 Å². The molecule has 0 saturated carbocycles. The molecule has 0 aromatic rings. The minimum atomic E-state index is 0.127. The average Bonchev–Trinajstić information content (AvgIpc) is 2.32. The topological polar surface area (TPSA) is 29.1 Å². The predicted octanol–water partition coefficient (Wildman–Crippen LogP) is 1.40. The normalized spacial score (nSPS) is 22.5. The molecule has 0 heterocycles. The Bertz CT molecular complexity index is 216. The van der Waals surface area contributed by atoms with Gasteiger partial charge in [0.2, 0.25) is 6.41 Å². The second-order valence-corrected chi connectivity index (χ2v) is 2.71. The van der Waals surface area contributed by atoms with Crippen LogP contribution in [0, 0.1) is 0 Å². The first kappa shape index (κ1) is 8.05. The number of carbonyl (C=O) groups is 1. The van der Waals surface area contributed by atoms with Crippen LogP contribution in [0.3, 0.4) is 0 Å². The number of hydrogen-bond acceptors (Lipinski definition) is 1. The number of allylic oxidation sites excluding steroid dienone is 2. The summed E-state index contributed by atoms with van der Waals surface area (Å²) in [5.41, 5.74) is 2.62. The van der Waals surface area contributed by atoms with E-state index in [1.165, 1.54) is 11.1 Å². The van der Waals surface area contributed by atoms with Gasteiger partial charge >= 0.3 is 0 Å². The Hall–Kier alpha value is -1.05. The molecule has 0 aromatic carbocycles. The van der Waals surface area contributed by atoms with Crippen LogP contribution in [-0.4, -0.2) is 12.5 Å². The molecule has 1 aliphatic rings. The molecule has 0 aliphatic heterocycles. The summed E-state index contributed by atoms with van der Waals surface area (Å²) in [6.45, 7) is 4.19. The van der Waals surface area contributed by atoms with Gasteiger partial charge < -0.3 is 5.32 Å². The SMILES string of the molecule is CCC1=CC(NC=O)C=C1C. The lowest BCUT2D eigenvalue weighted by Gasteiger charge is -1.99. The molecule has 1 amide bonds. The average molecular weight is 151 g/mol. The Labute approximate surface area is 67.0 Å². The number of nitrogens with one attached hydrogen (secondary N) is 1. The molecule has 0 spiro atoms. The highest BCUT2D eigenvalue weighted by Gasteiger charge is 2.11. The molecule has 1 atom stereocenters. The zero-order chi connectivity index (χ0) is 8.27. The lowest BCUT2D eigenvalue weighted by molar-refractivity contribution is -0.109. The smallest absolute Gasteiger partial charge is 0.207 e. The standard InChI is InChI=1S/C9H13NO/c1-3-8-5-9(10-6-11)4-7(8)2/h4-6,9H,3H2,1-2H3,(H,10,11). The molecule has 0 radical (unpaired) electrons. The monoisotopic (exact) mass is 151 g/mol. The van der Waals surface area contributed by atoms with Crippen molar-refractivity contribution in [2.24, 2.45) is 0 Å². The molecule has 0 bridgehead atoms. The van der Waals surface area contributed by atoms with E-state index in [4.69, 9.17) is 0 Å². The summed E-state index contributed by atoms with van der Waals surface area (Å²) < 4.78 is 0. The van der Waals surface area contributed by atoms with Crippen LogP contribution in [0.2, 0.25) is 0 Å². The molecule has 2 nitrogen and oxygen atoms in total. The largest absolute Gasteiger partial charge is 0.349 e. The molecule has 1 rings (SSSR count). The third kappa shape index (κ3) is 1.70. The molecule has 0 fully saturated rings. The molecule has 11 heavy (non-hydrogen) atoms. The summed E-state index contributed by atoms with van der Waals surface area (Å²) >= 11 is 0. The van der Waals surface area contributed by atoms with E-state index in [1.54, 1.807) is 0 Å². The van der Waals surface area contributed by atoms with Gasteiger partial charge in [0.15, 0.2) is 0 Å². The van der Waals surface area contributed by atoms with Crippen molar-refractivity contribution in [2.45, 2.75) is 26.3 Å². The van der Waals surface area contributed by atoms with E-state index in [0.717, 1.165) is 12.8 Å². The molecule has 1 N–H and O–H groups in total. The van der Waals surface area contributed by atoms with Gasteiger partial charge in [-0.25, -0.2) is 0 Å². The molecule has 0 aromatic heterocycles. The van der Waals surface area contributed by atoms with Crippen LogP contribution in [0.15, 0.2) is 23.3 Å². The maximum atomic E-state index is 10.1. The molecular formula is C9H13NO. The summed E-state index contributed by atoms with van der Waals surface area (Å²) in [6.07, 6.45) is 5.93. The van der Waals surface area contributed by atoms with E-state index in [2.05, 4.69) is 31.3 Å². The Morgan fingerprint density at radius 2 is 2.36 bits per heavy atom. The van der Waals surface area contributed by atoms with E-state index in [0.29, 0.717) is 0 Å². The fourth-order valence-corrected chi connectivity index (χ4v) is 1.34. The molecule has 0 saturated heterocycles. The van der Waals surface area contributed by atoms with E-state index >= 15 is 0 Å². The molecule has 1 aliphatic carbocycles. The Kier molecular flexibility index (Phi) is 2.47. The number of rotatable bonds is 3. The van der Waals surface area contributed by atoms with Crippen molar-refractivity contribution in [2.75, 3.05) is 0 Å². The van der Waals surface area contributed by atoms with Crippen molar-refractivity contribution < 1.29 is 4.79 Å². The summed E-state index contributed by atoms with van der Waals surface area (Å²) in [4.78, 5) is 10.1. The second kappa shape index (κ2) is 3.37. The number of carbonyl (C=O) groups excluding carboxylic acids is 1. The summed E-state index contributed by atoms with van der Waals surface area (Å²) in [6, 6.07) is 0.127. The minimum absolute atomic E-state index is 0.127. The second-order valence-electron chi connectivity index (χ2n) is 2.71. The van der Waals surface area contributed by atoms with Gasteiger partial charge in [-0.1, -0.05) is 19.1 Å². The van der Waals surface area contributed by atoms with Gasteiger partial charge in [-0.15, -0.1) is 0 Å². The van der Waals surface area contributed by atoms with Crippen molar-refractivity contribution in [1.82, 2.24) is 5.32 Å². The summed E-state index contributed by atoms with van der Waals surface area (Å²) in [5.74, 6) is 0. The molecule has 60 valence electrons. The van der Waals surface area contributed by atoms with Gasteiger partial charge in [-0.3, -0.25) is 4.79 Å². The van der Waals surface area contributed by atoms with Gasteiger partial charge in [-0.2, -0.15) is 0 Å². The zero-order valence-corrected chi connectivity index (χ0v) is 6.92. The maximum absolute atomic E-state index is 10.1. The first-order valence-corrected chi connectivity index (χ1v) is 3.87. The van der Waals surface area contributed by atoms with Crippen LogP contribution >= 0.6 is 0 Å². The minimum Gasteiger partial charge on any atom is -0.349 e. The van der Waals surface area contributed by atoms with E-state index < -0.39 is 0 Å². The van der Waals surface area contributed by atoms with Crippen LogP contribution in [0.4, 0.5) is 0 Å². The number of hydrogen-bond donors (Lipinski definition) is 1. The third-order valence-electron chi connectivity index (χ3n) is 1.96. The first-order valence-electron chi connectivity index (χ1n) is 3.87. The third-order valence-corrected chi connectivity index (χ3v) is 1.96. The highest BCUT2D eigenvalue weighted by atomic mass is 16.1. The molecular weight excluding hydrogens is 138 g/mol. The van der Waals surface area contributed by atoms with Crippen molar-refractivity contribution in [3.63, 3.8) is 0 Å². The fourth-order valence-electron chi connectivity index (χ4n) is 1.34. The molecule has 1 unspecified atom stereocenters. The quantitative estimate of drug-likeness (QED) is 0.607. The summed E-state index contributed by atoms with van der Waals surface area (Å²) in [5, 5.41) is 2.71. The first-order chi connectivity index (χ1) is 5.27. The maximum Gasteiger partial charge on any atom is 0.207 e. The predicted molar refractivity (Wildman–Crippen MR) is 45.1 cm³/mol. The Morgan fingerprint density at radius 3 is 2.82 bits per heavy atom. The zero-order valence-electron chi connectivity index (χ0n) is 6.92. The van der Waals surface area contributed by atoms with Crippen LogP contribution in [-0.2, 0) is 4.79 Å².